The fourth-order valence-electron chi connectivity index (χ4n) is 2.77. The van der Waals surface area contributed by atoms with E-state index in [2.05, 4.69) is 6.92 Å². The summed E-state index contributed by atoms with van der Waals surface area (Å²) in [5, 5.41) is 19.1. The van der Waals surface area contributed by atoms with Gasteiger partial charge in [0.1, 0.15) is 0 Å². The first kappa shape index (κ1) is 22.2. The van der Waals surface area contributed by atoms with Crippen molar-refractivity contribution in [2.75, 3.05) is 0 Å². The molecule has 0 heterocycles. The molecule has 124 valence electrons. The van der Waals surface area contributed by atoms with Gasteiger partial charge >= 0.3 is 41.5 Å². The molecule has 1 aromatic rings. The first-order valence-electron chi connectivity index (χ1n) is 8.08. The summed E-state index contributed by atoms with van der Waals surface area (Å²) in [6, 6.07) is 8.29. The minimum Gasteiger partial charge on any atom is -1.00 e. The minimum absolute atomic E-state index is 0. The van der Waals surface area contributed by atoms with E-state index < -0.39 is 17.4 Å². The molecule has 0 fully saturated rings. The van der Waals surface area contributed by atoms with Gasteiger partial charge in [-0.1, -0.05) is 82.2 Å². The van der Waals surface area contributed by atoms with Crippen molar-refractivity contribution in [1.82, 2.24) is 0 Å². The van der Waals surface area contributed by atoms with Crippen molar-refractivity contribution in [1.29, 1.82) is 0 Å². The average Bonchev–Trinajstić information content (AvgIpc) is 2.50. The Bertz CT molecular complexity index is 465. The SMILES string of the molecule is CCCCCCCCCC(C(=O)O)(C(=O)O)c1ccccc1.[H-].[Na+]. The van der Waals surface area contributed by atoms with Crippen LogP contribution in [0, 0.1) is 0 Å². The molecular weight excluding hydrogens is 303 g/mol. The molecule has 0 unspecified atom stereocenters. The van der Waals surface area contributed by atoms with Gasteiger partial charge in [-0.3, -0.25) is 9.59 Å². The number of hydrogen-bond acceptors (Lipinski definition) is 2. The largest absolute Gasteiger partial charge is 1.00 e. The molecule has 2 N–H and O–H groups in total. The van der Waals surface area contributed by atoms with E-state index in [0.717, 1.165) is 19.3 Å². The normalized spacial score (nSPS) is 10.8. The van der Waals surface area contributed by atoms with Crippen molar-refractivity contribution in [3.05, 3.63) is 35.9 Å². The van der Waals surface area contributed by atoms with Gasteiger partial charge in [-0.2, -0.15) is 0 Å². The topological polar surface area (TPSA) is 74.6 Å². The molecule has 0 aliphatic rings. The third-order valence-electron chi connectivity index (χ3n) is 4.15. The third kappa shape index (κ3) is 6.28. The molecule has 4 nitrogen and oxygen atoms in total. The van der Waals surface area contributed by atoms with Gasteiger partial charge in [0, 0.05) is 0 Å². The van der Waals surface area contributed by atoms with Gasteiger partial charge in [0.2, 0.25) is 0 Å². The zero-order chi connectivity index (χ0) is 16.4. The summed E-state index contributed by atoms with van der Waals surface area (Å²) in [5.74, 6) is -2.56. The van der Waals surface area contributed by atoms with Crippen LogP contribution >= 0.6 is 0 Å². The summed E-state index contributed by atoms with van der Waals surface area (Å²) in [6.45, 7) is 2.16. The minimum atomic E-state index is -1.83. The van der Waals surface area contributed by atoms with Crippen molar-refractivity contribution in [2.45, 2.75) is 63.7 Å². The van der Waals surface area contributed by atoms with Crippen LogP contribution in [0.15, 0.2) is 30.3 Å². The monoisotopic (exact) mass is 330 g/mol. The van der Waals surface area contributed by atoms with Crippen LogP contribution in [-0.2, 0) is 15.0 Å². The summed E-state index contributed by atoms with van der Waals surface area (Å²) < 4.78 is 0. The van der Waals surface area contributed by atoms with Gasteiger partial charge in [0.25, 0.3) is 0 Å². The molecule has 23 heavy (non-hydrogen) atoms. The zero-order valence-electron chi connectivity index (χ0n) is 15.3. The van der Waals surface area contributed by atoms with Crippen molar-refractivity contribution in [3.8, 4) is 0 Å². The van der Waals surface area contributed by atoms with Crippen molar-refractivity contribution in [3.63, 3.8) is 0 Å². The van der Waals surface area contributed by atoms with Crippen LogP contribution in [-0.4, -0.2) is 22.2 Å². The summed E-state index contributed by atoms with van der Waals surface area (Å²) in [4.78, 5) is 23.4. The van der Waals surface area contributed by atoms with Crippen LogP contribution < -0.4 is 29.6 Å². The number of aliphatic carboxylic acids is 2. The molecule has 0 aliphatic heterocycles. The molecule has 0 spiro atoms. The van der Waals surface area contributed by atoms with Crippen LogP contribution in [0.3, 0.4) is 0 Å². The Hall–Kier alpha value is -0.840. The molecule has 1 aromatic carbocycles. The Morgan fingerprint density at radius 3 is 1.87 bits per heavy atom. The summed E-state index contributed by atoms with van der Waals surface area (Å²) >= 11 is 0. The third-order valence-corrected chi connectivity index (χ3v) is 4.15. The second-order valence-corrected chi connectivity index (χ2v) is 5.75. The molecule has 0 aromatic heterocycles. The Kier molecular flexibility index (Phi) is 11.2. The van der Waals surface area contributed by atoms with Gasteiger partial charge in [-0.25, -0.2) is 0 Å². The van der Waals surface area contributed by atoms with Crippen LogP contribution in [0.4, 0.5) is 0 Å². The van der Waals surface area contributed by atoms with E-state index in [9.17, 15) is 19.8 Å². The predicted molar refractivity (Wildman–Crippen MR) is 87.1 cm³/mol. The number of rotatable bonds is 11. The van der Waals surface area contributed by atoms with E-state index in [1.807, 2.05) is 0 Å². The Labute approximate surface area is 162 Å². The van der Waals surface area contributed by atoms with E-state index in [-0.39, 0.29) is 37.4 Å². The first-order valence-corrected chi connectivity index (χ1v) is 8.08. The Morgan fingerprint density at radius 2 is 1.39 bits per heavy atom. The zero-order valence-corrected chi connectivity index (χ0v) is 16.3. The summed E-state index contributed by atoms with van der Waals surface area (Å²) in [6.07, 6.45) is 7.38. The molecule has 0 radical (unpaired) electrons. The van der Waals surface area contributed by atoms with E-state index in [1.54, 1.807) is 30.3 Å². The molecule has 5 heteroatoms. The van der Waals surface area contributed by atoms with E-state index in [1.165, 1.54) is 19.3 Å². The fourth-order valence-corrected chi connectivity index (χ4v) is 2.77. The van der Waals surface area contributed by atoms with Crippen LogP contribution in [0.5, 0.6) is 0 Å². The molecular formula is C18H27NaO4. The molecule has 0 bridgehead atoms. The fraction of sp³-hybridized carbons (Fsp3) is 0.556. The van der Waals surface area contributed by atoms with Gasteiger partial charge in [0.05, 0.1) is 0 Å². The van der Waals surface area contributed by atoms with E-state index in [0.29, 0.717) is 12.0 Å². The van der Waals surface area contributed by atoms with Crippen LogP contribution in [0.25, 0.3) is 0 Å². The maximum absolute atomic E-state index is 11.7. The molecule has 0 saturated heterocycles. The molecule has 1 rings (SSSR count). The second kappa shape index (κ2) is 11.7. The second-order valence-electron chi connectivity index (χ2n) is 5.75. The number of carbonyl (C=O) groups is 2. The number of benzene rings is 1. The summed E-state index contributed by atoms with van der Waals surface area (Å²) in [7, 11) is 0. The molecule has 0 amide bonds. The quantitative estimate of drug-likeness (QED) is 0.365. The molecule has 0 atom stereocenters. The number of carboxylic acid groups (broad SMARTS) is 2. The van der Waals surface area contributed by atoms with Gasteiger partial charge in [0.15, 0.2) is 5.41 Å². The Balaban J connectivity index is 0. The average molecular weight is 330 g/mol. The smallest absolute Gasteiger partial charge is 1.00 e. The molecule has 0 saturated carbocycles. The van der Waals surface area contributed by atoms with E-state index >= 15 is 0 Å². The Morgan fingerprint density at radius 1 is 0.913 bits per heavy atom. The van der Waals surface area contributed by atoms with Crippen LogP contribution in [0.2, 0.25) is 0 Å². The van der Waals surface area contributed by atoms with Gasteiger partial charge in [-0.15, -0.1) is 0 Å². The number of carboxylic acids is 2. The maximum Gasteiger partial charge on any atom is 1.00 e. The first-order chi connectivity index (χ1) is 10.6. The van der Waals surface area contributed by atoms with E-state index in [4.69, 9.17) is 0 Å². The van der Waals surface area contributed by atoms with Gasteiger partial charge in [-0.05, 0) is 12.0 Å². The van der Waals surface area contributed by atoms with Crippen molar-refractivity contribution in [2.24, 2.45) is 0 Å². The van der Waals surface area contributed by atoms with Crippen molar-refractivity contribution >= 4 is 11.9 Å². The standard InChI is InChI=1S/C18H26O4.Na.H/c1-2-3-4-5-6-7-11-14-18(16(19)20,17(21)22)15-12-9-8-10-13-15;;/h8-10,12-13H,2-7,11,14H2,1H3,(H,19,20)(H,21,22);;/q;+1;-1. The molecule has 0 aliphatic carbocycles. The van der Waals surface area contributed by atoms with Gasteiger partial charge < -0.3 is 11.6 Å². The number of hydrogen-bond donors (Lipinski definition) is 2. The maximum atomic E-state index is 11.7. The summed E-state index contributed by atoms with van der Waals surface area (Å²) in [5.41, 5.74) is -1.48. The number of unbranched alkanes of at least 4 members (excludes halogenated alkanes) is 6. The van der Waals surface area contributed by atoms with Crippen molar-refractivity contribution < 1.29 is 50.8 Å². The van der Waals surface area contributed by atoms with Crippen LogP contribution in [0.1, 0.15) is 65.3 Å². The predicted octanol–water partition coefficient (Wildman–Crippen LogP) is 1.35.